The van der Waals surface area contributed by atoms with Crippen molar-refractivity contribution in [2.24, 2.45) is 0 Å². The third-order valence-electron chi connectivity index (χ3n) is 3.89. The maximum atomic E-state index is 12.5. The number of nitrogens with one attached hydrogen (secondary N) is 2. The van der Waals surface area contributed by atoms with Crippen LogP contribution in [0.5, 0.6) is 0 Å². The van der Waals surface area contributed by atoms with E-state index in [-0.39, 0.29) is 17.5 Å². The maximum absolute atomic E-state index is 12.5. The molecular formula is C17H17F3N4O2. The van der Waals surface area contributed by atoms with E-state index < -0.39 is 17.6 Å². The van der Waals surface area contributed by atoms with Crippen LogP contribution in [0.3, 0.4) is 0 Å². The Balaban J connectivity index is 1.55. The number of anilines is 2. The first-order chi connectivity index (χ1) is 12.4. The summed E-state index contributed by atoms with van der Waals surface area (Å²) in [5, 5.41) is 5.57. The number of hydrogen-bond donors (Lipinski definition) is 2. The Morgan fingerprint density at radius 1 is 1.19 bits per heavy atom. The quantitative estimate of drug-likeness (QED) is 0.849. The Morgan fingerprint density at radius 3 is 2.54 bits per heavy atom. The molecule has 2 N–H and O–H groups in total. The molecule has 1 saturated heterocycles. The number of hydrogen-bond acceptors (Lipinski definition) is 5. The number of alkyl halides is 3. The fourth-order valence-corrected chi connectivity index (χ4v) is 2.50. The van der Waals surface area contributed by atoms with E-state index in [1.165, 1.54) is 24.5 Å². The number of rotatable bonds is 5. The SMILES string of the molecule is O=C(Nc1ccc(C(F)(F)F)cc1)c1cnc(NCC2CCCO2)cn1. The molecule has 0 bridgehead atoms. The maximum Gasteiger partial charge on any atom is 0.416 e. The van der Waals surface area contributed by atoms with E-state index in [1.54, 1.807) is 0 Å². The van der Waals surface area contributed by atoms with Crippen LogP contribution in [0.4, 0.5) is 24.7 Å². The van der Waals surface area contributed by atoms with Crippen molar-refractivity contribution in [1.82, 2.24) is 9.97 Å². The Bertz CT molecular complexity index is 742. The molecule has 2 aromatic rings. The van der Waals surface area contributed by atoms with Gasteiger partial charge in [0.05, 0.1) is 24.1 Å². The summed E-state index contributed by atoms with van der Waals surface area (Å²) in [6.45, 7) is 1.38. The van der Waals surface area contributed by atoms with Gasteiger partial charge in [0.25, 0.3) is 5.91 Å². The highest BCUT2D eigenvalue weighted by Crippen LogP contribution is 2.29. The Kier molecular flexibility index (Phi) is 5.36. The minimum atomic E-state index is -4.42. The standard InChI is InChI=1S/C17H17F3N4O2/c18-17(19,20)11-3-5-12(6-4-11)24-16(25)14-9-23-15(10-21-14)22-8-13-2-1-7-26-13/h3-6,9-10,13H,1-2,7-8H2,(H,22,23)(H,24,25). The second kappa shape index (κ2) is 7.69. The molecule has 1 aliphatic heterocycles. The van der Waals surface area contributed by atoms with Crippen LogP contribution in [0.25, 0.3) is 0 Å². The Labute approximate surface area is 147 Å². The summed E-state index contributed by atoms with van der Waals surface area (Å²) in [6.07, 6.45) is 0.503. The number of benzene rings is 1. The third-order valence-corrected chi connectivity index (χ3v) is 3.89. The largest absolute Gasteiger partial charge is 0.416 e. The molecule has 1 aromatic carbocycles. The zero-order valence-electron chi connectivity index (χ0n) is 13.7. The number of aromatic nitrogens is 2. The van der Waals surface area contributed by atoms with Crippen LogP contribution in [0.1, 0.15) is 28.9 Å². The van der Waals surface area contributed by atoms with Crippen LogP contribution in [-0.2, 0) is 10.9 Å². The van der Waals surface area contributed by atoms with E-state index in [4.69, 9.17) is 4.74 Å². The summed E-state index contributed by atoms with van der Waals surface area (Å²) in [7, 11) is 0. The van der Waals surface area contributed by atoms with Gasteiger partial charge in [-0.3, -0.25) is 4.79 Å². The predicted octanol–water partition coefficient (Wildman–Crippen LogP) is 3.34. The number of amides is 1. The molecule has 0 aliphatic carbocycles. The van der Waals surface area contributed by atoms with Crippen molar-refractivity contribution in [3.8, 4) is 0 Å². The zero-order chi connectivity index (χ0) is 18.6. The zero-order valence-corrected chi connectivity index (χ0v) is 13.7. The van der Waals surface area contributed by atoms with Gasteiger partial charge in [-0.05, 0) is 37.1 Å². The van der Waals surface area contributed by atoms with Crippen molar-refractivity contribution < 1.29 is 22.7 Å². The lowest BCUT2D eigenvalue weighted by atomic mass is 10.2. The van der Waals surface area contributed by atoms with Gasteiger partial charge in [0.2, 0.25) is 0 Å². The smallest absolute Gasteiger partial charge is 0.376 e. The summed E-state index contributed by atoms with van der Waals surface area (Å²) in [5.74, 6) is -0.0329. The highest BCUT2D eigenvalue weighted by molar-refractivity contribution is 6.02. The van der Waals surface area contributed by atoms with Crippen molar-refractivity contribution in [1.29, 1.82) is 0 Å². The second-order valence-electron chi connectivity index (χ2n) is 5.83. The summed E-state index contributed by atoms with van der Waals surface area (Å²) >= 11 is 0. The first-order valence-electron chi connectivity index (χ1n) is 8.08. The van der Waals surface area contributed by atoms with Gasteiger partial charge in [0.15, 0.2) is 0 Å². The molecule has 3 rings (SSSR count). The molecule has 1 aromatic heterocycles. The first kappa shape index (κ1) is 18.1. The van der Waals surface area contributed by atoms with E-state index >= 15 is 0 Å². The van der Waals surface area contributed by atoms with Crippen molar-refractivity contribution in [3.05, 3.63) is 47.9 Å². The Hall–Kier alpha value is -2.68. The molecular weight excluding hydrogens is 349 g/mol. The topological polar surface area (TPSA) is 76.1 Å². The lowest BCUT2D eigenvalue weighted by Crippen LogP contribution is -2.19. The van der Waals surface area contributed by atoms with Crippen LogP contribution in [0.15, 0.2) is 36.7 Å². The number of carbonyl (C=O) groups excluding carboxylic acids is 1. The molecule has 9 heteroatoms. The van der Waals surface area contributed by atoms with Crippen molar-refractivity contribution >= 4 is 17.4 Å². The second-order valence-corrected chi connectivity index (χ2v) is 5.83. The minimum Gasteiger partial charge on any atom is -0.376 e. The van der Waals surface area contributed by atoms with Gasteiger partial charge in [-0.15, -0.1) is 0 Å². The molecule has 2 heterocycles. The molecule has 0 spiro atoms. The molecule has 1 unspecified atom stereocenters. The van der Waals surface area contributed by atoms with Gasteiger partial charge in [-0.1, -0.05) is 0 Å². The fraction of sp³-hybridized carbons (Fsp3) is 0.353. The molecule has 0 radical (unpaired) electrons. The summed E-state index contributed by atoms with van der Waals surface area (Å²) in [5.41, 5.74) is -0.477. The van der Waals surface area contributed by atoms with Gasteiger partial charge in [0.1, 0.15) is 11.5 Å². The average Bonchev–Trinajstić information content (AvgIpc) is 3.13. The van der Waals surface area contributed by atoms with Gasteiger partial charge in [-0.2, -0.15) is 13.2 Å². The van der Waals surface area contributed by atoms with Crippen molar-refractivity contribution in [2.75, 3.05) is 23.8 Å². The Morgan fingerprint density at radius 2 is 1.96 bits per heavy atom. The van der Waals surface area contributed by atoms with Crippen LogP contribution >= 0.6 is 0 Å². The summed E-state index contributed by atoms with van der Waals surface area (Å²) < 4.78 is 43.1. The monoisotopic (exact) mass is 366 g/mol. The van der Waals surface area contributed by atoms with E-state index in [1.807, 2.05) is 0 Å². The molecule has 138 valence electrons. The summed E-state index contributed by atoms with van der Waals surface area (Å²) in [4.78, 5) is 20.2. The lowest BCUT2D eigenvalue weighted by Gasteiger charge is -2.11. The number of carbonyl (C=O) groups is 1. The number of ether oxygens (including phenoxy) is 1. The highest BCUT2D eigenvalue weighted by Gasteiger charge is 2.30. The van der Waals surface area contributed by atoms with E-state index in [9.17, 15) is 18.0 Å². The molecule has 1 amide bonds. The van der Waals surface area contributed by atoms with Crippen molar-refractivity contribution in [3.63, 3.8) is 0 Å². The molecule has 1 aliphatic rings. The molecule has 1 fully saturated rings. The normalized spacial score (nSPS) is 17.1. The molecule has 26 heavy (non-hydrogen) atoms. The van der Waals surface area contributed by atoms with Crippen LogP contribution in [0, 0.1) is 0 Å². The third kappa shape index (κ3) is 4.69. The molecule has 1 atom stereocenters. The predicted molar refractivity (Wildman–Crippen MR) is 88.9 cm³/mol. The number of halogens is 3. The van der Waals surface area contributed by atoms with Gasteiger partial charge < -0.3 is 15.4 Å². The van der Waals surface area contributed by atoms with Gasteiger partial charge in [-0.25, -0.2) is 9.97 Å². The molecule has 6 nitrogen and oxygen atoms in total. The first-order valence-corrected chi connectivity index (χ1v) is 8.08. The highest BCUT2D eigenvalue weighted by atomic mass is 19.4. The lowest BCUT2D eigenvalue weighted by molar-refractivity contribution is -0.137. The van der Waals surface area contributed by atoms with Gasteiger partial charge >= 0.3 is 6.18 Å². The fourth-order valence-electron chi connectivity index (χ4n) is 2.50. The van der Waals surface area contributed by atoms with Gasteiger partial charge in [0, 0.05) is 18.8 Å². The minimum absolute atomic E-state index is 0.0626. The van der Waals surface area contributed by atoms with E-state index in [2.05, 4.69) is 20.6 Å². The average molecular weight is 366 g/mol. The number of nitrogens with zero attached hydrogens (tertiary/aromatic N) is 2. The van der Waals surface area contributed by atoms with Crippen LogP contribution in [0.2, 0.25) is 0 Å². The van der Waals surface area contributed by atoms with Crippen molar-refractivity contribution in [2.45, 2.75) is 25.1 Å². The van der Waals surface area contributed by atoms with E-state index in [0.717, 1.165) is 31.6 Å². The summed E-state index contributed by atoms with van der Waals surface area (Å²) in [6, 6.07) is 4.18. The van der Waals surface area contributed by atoms with E-state index in [0.29, 0.717) is 12.4 Å². The molecule has 0 saturated carbocycles. The van der Waals surface area contributed by atoms with Crippen LogP contribution in [-0.4, -0.2) is 35.1 Å². The van der Waals surface area contributed by atoms with Crippen LogP contribution < -0.4 is 10.6 Å².